The third-order valence-corrected chi connectivity index (χ3v) is 6.21. The van der Waals surface area contributed by atoms with Crippen molar-refractivity contribution in [2.75, 3.05) is 0 Å². The lowest BCUT2D eigenvalue weighted by molar-refractivity contribution is -0.141. The molecule has 4 nitrogen and oxygen atoms in total. The van der Waals surface area contributed by atoms with Gasteiger partial charge in [-0.3, -0.25) is 9.59 Å². The van der Waals surface area contributed by atoms with Crippen LogP contribution in [-0.4, -0.2) is 28.8 Å². The largest absolute Gasteiger partial charge is 0.352 e. The van der Waals surface area contributed by atoms with Crippen molar-refractivity contribution in [1.29, 1.82) is 0 Å². The van der Waals surface area contributed by atoms with E-state index in [0.29, 0.717) is 22.0 Å². The van der Waals surface area contributed by atoms with E-state index < -0.39 is 17.8 Å². The van der Waals surface area contributed by atoms with E-state index in [1.807, 2.05) is 20.8 Å². The first-order valence-electron chi connectivity index (χ1n) is 10.1. The molecule has 0 spiro atoms. The Hall–Kier alpha value is -1.82. The molecular formula is C23H26Cl3FN2O2. The van der Waals surface area contributed by atoms with Gasteiger partial charge in [-0.25, -0.2) is 4.39 Å². The molecular weight excluding hydrogens is 462 g/mol. The molecule has 0 aliphatic heterocycles. The molecule has 0 aliphatic rings. The molecule has 0 saturated carbocycles. The van der Waals surface area contributed by atoms with Crippen LogP contribution in [0.1, 0.15) is 44.7 Å². The van der Waals surface area contributed by atoms with Gasteiger partial charge in [0.25, 0.3) is 0 Å². The van der Waals surface area contributed by atoms with Gasteiger partial charge in [-0.1, -0.05) is 60.8 Å². The molecule has 168 valence electrons. The normalized spacial score (nSPS) is 12.9. The van der Waals surface area contributed by atoms with Crippen LogP contribution in [0.15, 0.2) is 36.4 Å². The lowest BCUT2D eigenvalue weighted by Crippen LogP contribution is -2.51. The van der Waals surface area contributed by atoms with E-state index in [1.165, 1.54) is 23.1 Å². The highest BCUT2D eigenvalue weighted by molar-refractivity contribution is 6.42. The highest BCUT2D eigenvalue weighted by Gasteiger charge is 2.30. The van der Waals surface area contributed by atoms with E-state index in [4.69, 9.17) is 34.8 Å². The molecule has 0 heterocycles. The van der Waals surface area contributed by atoms with Crippen molar-refractivity contribution in [3.63, 3.8) is 0 Å². The van der Waals surface area contributed by atoms with Crippen LogP contribution in [0.3, 0.4) is 0 Å². The predicted octanol–water partition coefficient (Wildman–Crippen LogP) is 6.05. The molecule has 2 rings (SSSR count). The van der Waals surface area contributed by atoms with Gasteiger partial charge in [-0.2, -0.15) is 0 Å². The minimum Gasteiger partial charge on any atom is -0.352 e. The molecule has 2 aromatic rings. The standard InChI is InChI=1S/C23H26Cl3FN2O2/c1-4-14(3)28-23(31)21(5-2)29(13-15-9-10-18(25)19(26)11-15)22(30)12-16-17(24)7-6-8-20(16)27/h6-11,14,21H,4-5,12-13H2,1-3H3,(H,28,31)/t14-,21+/m0/s1. The van der Waals surface area contributed by atoms with E-state index in [1.54, 1.807) is 18.2 Å². The summed E-state index contributed by atoms with van der Waals surface area (Å²) in [6, 6.07) is 8.52. The van der Waals surface area contributed by atoms with Gasteiger partial charge in [0.2, 0.25) is 11.8 Å². The Kier molecular flexibility index (Phi) is 9.60. The first-order valence-corrected chi connectivity index (χ1v) is 11.3. The maximum absolute atomic E-state index is 14.3. The average Bonchev–Trinajstić information content (AvgIpc) is 2.73. The number of carbonyl (C=O) groups is 2. The molecule has 0 aliphatic carbocycles. The fraction of sp³-hybridized carbons (Fsp3) is 0.391. The summed E-state index contributed by atoms with van der Waals surface area (Å²) in [7, 11) is 0. The summed E-state index contributed by atoms with van der Waals surface area (Å²) in [6.45, 7) is 5.81. The zero-order valence-corrected chi connectivity index (χ0v) is 20.0. The third kappa shape index (κ3) is 6.83. The second kappa shape index (κ2) is 11.7. The van der Waals surface area contributed by atoms with Crippen LogP contribution in [0.25, 0.3) is 0 Å². The summed E-state index contributed by atoms with van der Waals surface area (Å²) in [6.07, 6.45) is 0.883. The second-order valence-corrected chi connectivity index (χ2v) is 8.61. The Morgan fingerprint density at radius 1 is 1.03 bits per heavy atom. The molecule has 1 N–H and O–H groups in total. The monoisotopic (exact) mass is 486 g/mol. The first kappa shape index (κ1) is 25.4. The van der Waals surface area contributed by atoms with Crippen LogP contribution in [0, 0.1) is 5.82 Å². The van der Waals surface area contributed by atoms with Crippen molar-refractivity contribution < 1.29 is 14.0 Å². The quantitative estimate of drug-likeness (QED) is 0.468. The van der Waals surface area contributed by atoms with Crippen LogP contribution >= 0.6 is 34.8 Å². The molecule has 31 heavy (non-hydrogen) atoms. The molecule has 0 fully saturated rings. The van der Waals surface area contributed by atoms with E-state index in [2.05, 4.69) is 5.32 Å². The Balaban J connectivity index is 2.38. The number of hydrogen-bond acceptors (Lipinski definition) is 2. The van der Waals surface area contributed by atoms with Crippen molar-refractivity contribution in [2.24, 2.45) is 0 Å². The number of nitrogens with zero attached hydrogens (tertiary/aromatic N) is 1. The Morgan fingerprint density at radius 2 is 1.74 bits per heavy atom. The molecule has 0 radical (unpaired) electrons. The van der Waals surface area contributed by atoms with Gasteiger partial charge in [0, 0.05) is 23.2 Å². The van der Waals surface area contributed by atoms with E-state index in [9.17, 15) is 14.0 Å². The van der Waals surface area contributed by atoms with Crippen molar-refractivity contribution in [3.05, 3.63) is 68.4 Å². The summed E-state index contributed by atoms with van der Waals surface area (Å²) in [5.41, 5.74) is 0.808. The maximum Gasteiger partial charge on any atom is 0.243 e. The molecule has 0 bridgehead atoms. The summed E-state index contributed by atoms with van der Waals surface area (Å²) < 4.78 is 14.3. The van der Waals surface area contributed by atoms with Crippen molar-refractivity contribution in [1.82, 2.24) is 10.2 Å². The SMILES string of the molecule is CC[C@H](C(=O)N[C@@H](C)CC)N(Cc1ccc(Cl)c(Cl)c1)C(=O)Cc1c(F)cccc1Cl. The predicted molar refractivity (Wildman–Crippen MR) is 124 cm³/mol. The number of rotatable bonds is 9. The minimum atomic E-state index is -0.735. The molecule has 2 amide bonds. The summed E-state index contributed by atoms with van der Waals surface area (Å²) in [5, 5.41) is 3.83. The van der Waals surface area contributed by atoms with Crippen molar-refractivity contribution >= 4 is 46.6 Å². The Labute approximate surface area is 197 Å². The van der Waals surface area contributed by atoms with Gasteiger partial charge < -0.3 is 10.2 Å². The number of amides is 2. The Morgan fingerprint density at radius 3 is 2.32 bits per heavy atom. The van der Waals surface area contributed by atoms with Gasteiger partial charge in [0.1, 0.15) is 11.9 Å². The number of carbonyl (C=O) groups excluding carboxylic acids is 2. The fourth-order valence-electron chi connectivity index (χ4n) is 3.15. The molecule has 0 aromatic heterocycles. The van der Waals surface area contributed by atoms with Crippen molar-refractivity contribution in [2.45, 2.75) is 58.7 Å². The Bertz CT molecular complexity index is 919. The molecule has 0 saturated heterocycles. The number of hydrogen-bond donors (Lipinski definition) is 1. The molecule has 0 unspecified atom stereocenters. The van der Waals surface area contributed by atoms with Crippen molar-refractivity contribution in [3.8, 4) is 0 Å². The summed E-state index contributed by atoms with van der Waals surface area (Å²) >= 11 is 18.3. The van der Waals surface area contributed by atoms with Crippen LogP contribution in [0.5, 0.6) is 0 Å². The first-order chi connectivity index (χ1) is 14.7. The van der Waals surface area contributed by atoms with Gasteiger partial charge in [-0.15, -0.1) is 0 Å². The third-order valence-electron chi connectivity index (χ3n) is 5.11. The lowest BCUT2D eigenvalue weighted by Gasteiger charge is -2.31. The highest BCUT2D eigenvalue weighted by atomic mass is 35.5. The van der Waals surface area contributed by atoms with Crippen LogP contribution in [0.2, 0.25) is 15.1 Å². The van der Waals surface area contributed by atoms with E-state index in [-0.39, 0.29) is 35.5 Å². The molecule has 8 heteroatoms. The number of halogens is 4. The summed E-state index contributed by atoms with van der Waals surface area (Å²) in [5.74, 6) is -1.23. The molecule has 2 aromatic carbocycles. The van der Waals surface area contributed by atoms with Gasteiger partial charge in [0.05, 0.1) is 16.5 Å². The van der Waals surface area contributed by atoms with Crippen LogP contribution in [-0.2, 0) is 22.6 Å². The highest BCUT2D eigenvalue weighted by Crippen LogP contribution is 2.25. The smallest absolute Gasteiger partial charge is 0.243 e. The molecule has 2 atom stereocenters. The van der Waals surface area contributed by atoms with E-state index >= 15 is 0 Å². The zero-order chi connectivity index (χ0) is 23.1. The van der Waals surface area contributed by atoms with E-state index in [0.717, 1.165) is 6.42 Å². The van der Waals surface area contributed by atoms with Gasteiger partial charge in [-0.05, 0) is 49.6 Å². The zero-order valence-electron chi connectivity index (χ0n) is 17.7. The fourth-order valence-corrected chi connectivity index (χ4v) is 3.70. The maximum atomic E-state index is 14.3. The number of nitrogens with one attached hydrogen (secondary N) is 1. The average molecular weight is 488 g/mol. The second-order valence-electron chi connectivity index (χ2n) is 7.39. The minimum absolute atomic E-state index is 0.0375. The summed E-state index contributed by atoms with van der Waals surface area (Å²) in [4.78, 5) is 27.7. The lowest BCUT2D eigenvalue weighted by atomic mass is 10.1. The van der Waals surface area contributed by atoms with Gasteiger partial charge >= 0.3 is 0 Å². The van der Waals surface area contributed by atoms with Crippen LogP contribution in [0.4, 0.5) is 4.39 Å². The van der Waals surface area contributed by atoms with Gasteiger partial charge in [0.15, 0.2) is 0 Å². The topological polar surface area (TPSA) is 49.4 Å². The van der Waals surface area contributed by atoms with Crippen LogP contribution < -0.4 is 5.32 Å². The number of benzene rings is 2.